The van der Waals surface area contributed by atoms with Gasteiger partial charge in [-0.3, -0.25) is 9.59 Å². The molecule has 2 aromatic rings. The number of ether oxygens (including phenoxy) is 1. The molecule has 0 saturated heterocycles. The van der Waals surface area contributed by atoms with Crippen LogP contribution in [0.1, 0.15) is 111 Å². The van der Waals surface area contributed by atoms with Gasteiger partial charge < -0.3 is 30.5 Å². The SMILES string of the molecule is CCCCNC(CC)COc1ccc(-c2ccc(C3=C4C(=O)N(CC(CC)NCCCC)C(C)=C4C(=O)N3CC(CC)NCCCC)s2)cc1. The molecule has 0 aliphatic carbocycles. The van der Waals surface area contributed by atoms with Gasteiger partial charge in [0.15, 0.2) is 0 Å². The molecule has 0 bridgehead atoms. The quantitative estimate of drug-likeness (QED) is 0.0962. The average Bonchev–Trinajstić information content (AvgIpc) is 3.79. The predicted octanol–water partition coefficient (Wildman–Crippen LogP) is 7.97. The van der Waals surface area contributed by atoms with Gasteiger partial charge in [0.2, 0.25) is 0 Å². The number of allylic oxidation sites excluding steroid dienone is 1. The number of rotatable bonds is 24. The summed E-state index contributed by atoms with van der Waals surface area (Å²) in [7, 11) is 0. The third kappa shape index (κ3) is 9.87. The van der Waals surface area contributed by atoms with Crippen molar-refractivity contribution in [1.82, 2.24) is 25.8 Å². The third-order valence-electron chi connectivity index (χ3n) is 10.0. The van der Waals surface area contributed by atoms with E-state index < -0.39 is 0 Å². The Morgan fingerprint density at radius 1 is 0.640 bits per heavy atom. The third-order valence-corrected chi connectivity index (χ3v) is 11.2. The lowest BCUT2D eigenvalue weighted by Gasteiger charge is -2.29. The van der Waals surface area contributed by atoms with E-state index in [4.69, 9.17) is 4.74 Å². The fraction of sp³-hybridized carbons (Fsp3) is 0.610. The summed E-state index contributed by atoms with van der Waals surface area (Å²) >= 11 is 1.64. The lowest BCUT2D eigenvalue weighted by Crippen LogP contribution is -2.43. The summed E-state index contributed by atoms with van der Waals surface area (Å²) in [5.74, 6) is 0.741. The van der Waals surface area contributed by atoms with Gasteiger partial charge in [-0.25, -0.2) is 0 Å². The summed E-state index contributed by atoms with van der Waals surface area (Å²) in [5.41, 5.74) is 3.76. The van der Waals surface area contributed by atoms with Gasteiger partial charge in [0.25, 0.3) is 11.8 Å². The standard InChI is InChI=1S/C41H63N5O3S/c1-8-14-23-42-31(11-4)26-45-29(7)37-38(41(45)48)39(46(40(37)47)27-32(12-5)43-24-15-9-2)36-22-21-35(50-36)30-17-19-34(20-18-30)49-28-33(13-6)44-25-16-10-3/h17-22,31-33,42-44H,8-16,23-28H2,1-7H3. The Labute approximate surface area is 306 Å². The van der Waals surface area contributed by atoms with Crippen LogP contribution in [0.3, 0.4) is 0 Å². The number of thiophene rings is 1. The van der Waals surface area contributed by atoms with E-state index in [9.17, 15) is 9.59 Å². The van der Waals surface area contributed by atoms with Gasteiger partial charge in [-0.05, 0) is 107 Å². The molecule has 9 heteroatoms. The zero-order chi connectivity index (χ0) is 36.0. The molecule has 3 unspecified atom stereocenters. The van der Waals surface area contributed by atoms with Crippen molar-refractivity contribution in [3.05, 3.63) is 58.1 Å². The number of benzene rings is 1. The summed E-state index contributed by atoms with van der Waals surface area (Å²) in [4.78, 5) is 34.4. The number of nitrogens with zero attached hydrogens (tertiary/aromatic N) is 2. The maximum absolute atomic E-state index is 14.3. The maximum atomic E-state index is 14.3. The molecule has 0 fully saturated rings. The minimum absolute atomic E-state index is 0.0582. The number of nitrogens with one attached hydrogen (secondary N) is 3. The van der Waals surface area contributed by atoms with E-state index in [1.54, 1.807) is 11.3 Å². The van der Waals surface area contributed by atoms with E-state index in [-0.39, 0.29) is 23.9 Å². The van der Waals surface area contributed by atoms with Crippen LogP contribution in [-0.4, -0.2) is 79.1 Å². The summed E-state index contributed by atoms with van der Waals surface area (Å²) in [6, 6.07) is 13.1. The van der Waals surface area contributed by atoms with Gasteiger partial charge in [-0.2, -0.15) is 0 Å². The van der Waals surface area contributed by atoms with Crippen LogP contribution in [0, 0.1) is 0 Å². The minimum atomic E-state index is -0.0582. The molecule has 0 radical (unpaired) electrons. The van der Waals surface area contributed by atoms with E-state index in [0.717, 1.165) is 97.0 Å². The van der Waals surface area contributed by atoms with Gasteiger partial charge in [0, 0.05) is 41.8 Å². The Bertz CT molecular complexity index is 1450. The summed E-state index contributed by atoms with van der Waals surface area (Å²) in [5, 5.41) is 10.9. The molecule has 1 aromatic carbocycles. The van der Waals surface area contributed by atoms with Crippen molar-refractivity contribution in [3.63, 3.8) is 0 Å². The fourth-order valence-corrected chi connectivity index (χ4v) is 7.70. The molecule has 2 amide bonds. The van der Waals surface area contributed by atoms with Crippen molar-refractivity contribution in [1.29, 1.82) is 0 Å². The zero-order valence-electron chi connectivity index (χ0n) is 31.8. The number of hydrogen-bond acceptors (Lipinski definition) is 7. The molecule has 0 saturated carbocycles. The highest BCUT2D eigenvalue weighted by molar-refractivity contribution is 7.16. The normalized spacial score (nSPS) is 16.5. The molecule has 1 aromatic heterocycles. The van der Waals surface area contributed by atoms with Crippen LogP contribution in [0.15, 0.2) is 53.2 Å². The molecule has 50 heavy (non-hydrogen) atoms. The Morgan fingerprint density at radius 3 is 1.68 bits per heavy atom. The van der Waals surface area contributed by atoms with Crippen LogP contribution >= 0.6 is 11.3 Å². The first-order valence-electron chi connectivity index (χ1n) is 19.4. The van der Waals surface area contributed by atoms with Crippen molar-refractivity contribution in [2.24, 2.45) is 0 Å². The Morgan fingerprint density at radius 2 is 1.14 bits per heavy atom. The maximum Gasteiger partial charge on any atom is 0.261 e. The largest absolute Gasteiger partial charge is 0.492 e. The van der Waals surface area contributed by atoms with E-state index in [2.05, 4.69) is 81.8 Å². The van der Waals surface area contributed by atoms with Crippen molar-refractivity contribution in [3.8, 4) is 16.2 Å². The molecule has 0 spiro atoms. The molecule has 3 N–H and O–H groups in total. The second kappa shape index (κ2) is 20.2. The molecule has 276 valence electrons. The van der Waals surface area contributed by atoms with Gasteiger partial charge >= 0.3 is 0 Å². The van der Waals surface area contributed by atoms with Crippen LogP contribution < -0.4 is 20.7 Å². The lowest BCUT2D eigenvalue weighted by atomic mass is 10.1. The smallest absolute Gasteiger partial charge is 0.261 e. The van der Waals surface area contributed by atoms with Crippen LogP contribution in [-0.2, 0) is 9.59 Å². The number of carbonyl (C=O) groups excluding carboxylic acids is 2. The molecular formula is C41H63N5O3S. The number of amides is 2. The number of fused-ring (bicyclic) bond motifs is 1. The topological polar surface area (TPSA) is 85.9 Å². The first kappa shape index (κ1) is 39.8. The highest BCUT2D eigenvalue weighted by Crippen LogP contribution is 2.46. The fourth-order valence-electron chi connectivity index (χ4n) is 6.63. The highest BCUT2D eigenvalue weighted by Gasteiger charge is 2.48. The number of unbranched alkanes of at least 4 members (excludes halogenated alkanes) is 3. The van der Waals surface area contributed by atoms with Crippen LogP contribution in [0.5, 0.6) is 5.75 Å². The second-order valence-corrected chi connectivity index (χ2v) is 14.8. The predicted molar refractivity (Wildman–Crippen MR) is 209 cm³/mol. The lowest BCUT2D eigenvalue weighted by molar-refractivity contribution is -0.124. The van der Waals surface area contributed by atoms with Crippen molar-refractivity contribution in [2.75, 3.05) is 39.3 Å². The van der Waals surface area contributed by atoms with E-state index in [1.165, 1.54) is 12.8 Å². The number of carbonyl (C=O) groups is 2. The number of hydrogen-bond donors (Lipinski definition) is 3. The second-order valence-electron chi connectivity index (χ2n) is 13.8. The van der Waals surface area contributed by atoms with Gasteiger partial charge in [0.1, 0.15) is 12.4 Å². The van der Waals surface area contributed by atoms with Crippen LogP contribution in [0.25, 0.3) is 16.1 Å². The molecule has 3 heterocycles. The molecule has 4 rings (SSSR count). The average molecular weight is 706 g/mol. The van der Waals surface area contributed by atoms with Crippen molar-refractivity contribution < 1.29 is 14.3 Å². The minimum Gasteiger partial charge on any atom is -0.492 e. The molecule has 3 atom stereocenters. The zero-order valence-corrected chi connectivity index (χ0v) is 32.6. The van der Waals surface area contributed by atoms with Crippen molar-refractivity contribution in [2.45, 2.75) is 124 Å². The Hall–Kier alpha value is -2.98. The van der Waals surface area contributed by atoms with Gasteiger partial charge in [-0.15, -0.1) is 11.3 Å². The van der Waals surface area contributed by atoms with Crippen LogP contribution in [0.2, 0.25) is 0 Å². The van der Waals surface area contributed by atoms with E-state index in [0.29, 0.717) is 36.9 Å². The summed E-state index contributed by atoms with van der Waals surface area (Å²) in [6.07, 6.45) is 9.62. The first-order valence-corrected chi connectivity index (χ1v) is 20.3. The summed E-state index contributed by atoms with van der Waals surface area (Å²) < 4.78 is 6.15. The van der Waals surface area contributed by atoms with Gasteiger partial charge in [-0.1, -0.05) is 60.8 Å². The molecule has 2 aliphatic heterocycles. The Kier molecular flexibility index (Phi) is 16.0. The molecule has 8 nitrogen and oxygen atoms in total. The Balaban J connectivity index is 1.61. The molecular weight excluding hydrogens is 643 g/mol. The van der Waals surface area contributed by atoms with E-state index in [1.807, 2.05) is 28.9 Å². The van der Waals surface area contributed by atoms with Crippen LogP contribution in [0.4, 0.5) is 0 Å². The highest BCUT2D eigenvalue weighted by atomic mass is 32.1. The molecule has 2 aliphatic rings. The summed E-state index contributed by atoms with van der Waals surface area (Å²) in [6.45, 7) is 19.6. The monoisotopic (exact) mass is 705 g/mol. The van der Waals surface area contributed by atoms with Crippen molar-refractivity contribution >= 4 is 28.8 Å². The first-order chi connectivity index (χ1) is 24.3. The van der Waals surface area contributed by atoms with E-state index >= 15 is 0 Å². The van der Waals surface area contributed by atoms with Gasteiger partial charge in [0.05, 0.1) is 21.7 Å².